The smallest absolute Gasteiger partial charge is 0.159 e. The zero-order chi connectivity index (χ0) is 12.3. The van der Waals surface area contributed by atoms with Crippen molar-refractivity contribution in [3.05, 3.63) is 35.9 Å². The van der Waals surface area contributed by atoms with E-state index in [4.69, 9.17) is 4.74 Å². The van der Waals surface area contributed by atoms with Gasteiger partial charge in [0.25, 0.3) is 0 Å². The number of methoxy groups -OCH3 is 1. The van der Waals surface area contributed by atoms with Gasteiger partial charge in [-0.1, -0.05) is 26.5 Å². The summed E-state index contributed by atoms with van der Waals surface area (Å²) in [6.07, 6.45) is 0. The van der Waals surface area contributed by atoms with Crippen molar-refractivity contribution >= 4 is 11.4 Å². The standard InChI is InChI=1S/C14H18O2/c1-9(2)13-8-12(10(3)11(4)15)6-7-14(13)16-5/h6-9H,3H2,1-2,4-5H3. The van der Waals surface area contributed by atoms with Gasteiger partial charge in [0.15, 0.2) is 5.78 Å². The van der Waals surface area contributed by atoms with Crippen molar-refractivity contribution in [1.29, 1.82) is 0 Å². The Hall–Kier alpha value is -1.57. The number of ketones is 1. The first-order valence-electron chi connectivity index (χ1n) is 5.35. The summed E-state index contributed by atoms with van der Waals surface area (Å²) in [5, 5.41) is 0. The number of hydrogen-bond donors (Lipinski definition) is 0. The molecule has 16 heavy (non-hydrogen) atoms. The Morgan fingerprint density at radius 1 is 1.38 bits per heavy atom. The first-order valence-corrected chi connectivity index (χ1v) is 5.35. The number of hydrogen-bond acceptors (Lipinski definition) is 2. The average molecular weight is 218 g/mol. The SMILES string of the molecule is C=C(C(C)=O)c1ccc(OC)c(C(C)C)c1. The van der Waals surface area contributed by atoms with Crippen LogP contribution in [0.1, 0.15) is 37.8 Å². The molecule has 2 nitrogen and oxygen atoms in total. The predicted octanol–water partition coefficient (Wildman–Crippen LogP) is 3.42. The lowest BCUT2D eigenvalue weighted by Gasteiger charge is -2.13. The van der Waals surface area contributed by atoms with Crippen molar-refractivity contribution in [2.75, 3.05) is 7.11 Å². The Morgan fingerprint density at radius 2 is 2.00 bits per heavy atom. The number of carbonyl (C=O) groups excluding carboxylic acids is 1. The van der Waals surface area contributed by atoms with E-state index in [1.54, 1.807) is 7.11 Å². The Kier molecular flexibility index (Phi) is 3.88. The molecule has 0 amide bonds. The van der Waals surface area contributed by atoms with Crippen LogP contribution < -0.4 is 4.74 Å². The summed E-state index contributed by atoms with van der Waals surface area (Å²) in [6, 6.07) is 5.74. The minimum Gasteiger partial charge on any atom is -0.496 e. The Bertz CT molecular complexity index is 417. The highest BCUT2D eigenvalue weighted by molar-refractivity contribution is 6.18. The molecule has 0 fully saturated rings. The lowest BCUT2D eigenvalue weighted by atomic mass is 9.96. The van der Waals surface area contributed by atoms with Crippen LogP contribution in [-0.2, 0) is 4.79 Å². The van der Waals surface area contributed by atoms with Gasteiger partial charge < -0.3 is 4.74 Å². The summed E-state index contributed by atoms with van der Waals surface area (Å²) in [6.45, 7) is 9.51. The highest BCUT2D eigenvalue weighted by Gasteiger charge is 2.11. The number of carbonyl (C=O) groups is 1. The third kappa shape index (κ3) is 2.51. The van der Waals surface area contributed by atoms with Gasteiger partial charge in [0.2, 0.25) is 0 Å². The van der Waals surface area contributed by atoms with Gasteiger partial charge in [-0.3, -0.25) is 4.79 Å². The Morgan fingerprint density at radius 3 is 2.44 bits per heavy atom. The van der Waals surface area contributed by atoms with Gasteiger partial charge in [-0.15, -0.1) is 0 Å². The normalized spacial score (nSPS) is 10.3. The highest BCUT2D eigenvalue weighted by atomic mass is 16.5. The number of allylic oxidation sites excluding steroid dienone is 1. The molecule has 0 aliphatic carbocycles. The van der Waals surface area contributed by atoms with Crippen molar-refractivity contribution < 1.29 is 9.53 Å². The van der Waals surface area contributed by atoms with E-state index >= 15 is 0 Å². The van der Waals surface area contributed by atoms with Crippen LogP contribution in [-0.4, -0.2) is 12.9 Å². The second-order valence-corrected chi connectivity index (χ2v) is 4.15. The van der Waals surface area contributed by atoms with Crippen molar-refractivity contribution in [2.24, 2.45) is 0 Å². The molecule has 0 aliphatic rings. The maximum absolute atomic E-state index is 11.2. The van der Waals surface area contributed by atoms with Gasteiger partial charge in [-0.2, -0.15) is 0 Å². The summed E-state index contributed by atoms with van der Waals surface area (Å²) < 4.78 is 5.29. The molecule has 1 aromatic rings. The molecule has 2 heteroatoms. The summed E-state index contributed by atoms with van der Waals surface area (Å²) in [5.41, 5.74) is 2.52. The van der Waals surface area contributed by atoms with E-state index in [1.165, 1.54) is 6.92 Å². The van der Waals surface area contributed by atoms with E-state index < -0.39 is 0 Å². The van der Waals surface area contributed by atoms with Crippen LogP contribution >= 0.6 is 0 Å². The van der Waals surface area contributed by atoms with Crippen LogP contribution in [0.2, 0.25) is 0 Å². The van der Waals surface area contributed by atoms with E-state index in [-0.39, 0.29) is 5.78 Å². The second-order valence-electron chi connectivity index (χ2n) is 4.15. The van der Waals surface area contributed by atoms with Crippen LogP contribution in [0.3, 0.4) is 0 Å². The molecule has 0 bridgehead atoms. The molecule has 0 atom stereocenters. The first kappa shape index (κ1) is 12.5. The van der Waals surface area contributed by atoms with E-state index in [2.05, 4.69) is 20.4 Å². The minimum absolute atomic E-state index is 0.000118. The summed E-state index contributed by atoms with van der Waals surface area (Å²) >= 11 is 0. The van der Waals surface area contributed by atoms with Gasteiger partial charge in [-0.05, 0) is 36.1 Å². The lowest BCUT2D eigenvalue weighted by molar-refractivity contribution is -0.111. The second kappa shape index (κ2) is 4.97. The Labute approximate surface area is 96.9 Å². The molecule has 86 valence electrons. The first-order chi connectivity index (χ1) is 7.47. The van der Waals surface area contributed by atoms with Gasteiger partial charge >= 0.3 is 0 Å². The molecule has 0 saturated heterocycles. The average Bonchev–Trinajstić information content (AvgIpc) is 2.26. The van der Waals surface area contributed by atoms with Crippen molar-refractivity contribution in [3.63, 3.8) is 0 Å². The van der Waals surface area contributed by atoms with E-state index in [0.717, 1.165) is 16.9 Å². The topological polar surface area (TPSA) is 26.3 Å². The van der Waals surface area contributed by atoms with Crippen LogP contribution in [0.5, 0.6) is 5.75 Å². The van der Waals surface area contributed by atoms with Gasteiger partial charge in [-0.25, -0.2) is 0 Å². The maximum Gasteiger partial charge on any atom is 0.159 e. The van der Waals surface area contributed by atoms with Gasteiger partial charge in [0, 0.05) is 5.57 Å². The third-order valence-corrected chi connectivity index (χ3v) is 2.63. The fraction of sp³-hybridized carbons (Fsp3) is 0.357. The molecule has 0 heterocycles. The van der Waals surface area contributed by atoms with Crippen LogP contribution in [0.25, 0.3) is 5.57 Å². The van der Waals surface area contributed by atoms with Crippen molar-refractivity contribution in [1.82, 2.24) is 0 Å². The molecule has 0 radical (unpaired) electrons. The van der Waals surface area contributed by atoms with Crippen LogP contribution in [0, 0.1) is 0 Å². The van der Waals surface area contributed by atoms with Crippen molar-refractivity contribution in [2.45, 2.75) is 26.7 Å². The largest absolute Gasteiger partial charge is 0.496 e. The van der Waals surface area contributed by atoms with E-state index in [9.17, 15) is 4.79 Å². The summed E-state index contributed by atoms with van der Waals surface area (Å²) in [4.78, 5) is 11.2. The number of rotatable bonds is 4. The molecule has 0 aliphatic heterocycles. The number of benzene rings is 1. The molecule has 0 saturated carbocycles. The molecule has 1 rings (SSSR count). The fourth-order valence-electron chi connectivity index (χ4n) is 1.58. The van der Waals surface area contributed by atoms with Gasteiger partial charge in [0.1, 0.15) is 5.75 Å². The zero-order valence-corrected chi connectivity index (χ0v) is 10.3. The summed E-state index contributed by atoms with van der Waals surface area (Å²) in [7, 11) is 1.65. The Balaban J connectivity index is 3.22. The molecule has 0 unspecified atom stereocenters. The quantitative estimate of drug-likeness (QED) is 0.724. The van der Waals surface area contributed by atoms with Crippen LogP contribution in [0.15, 0.2) is 24.8 Å². The molecular weight excluding hydrogens is 200 g/mol. The lowest BCUT2D eigenvalue weighted by Crippen LogP contribution is -1.99. The molecule has 0 N–H and O–H groups in total. The number of Topliss-reactive ketones (excluding diaryl/α,β-unsaturated/α-hetero) is 1. The number of ether oxygens (including phenoxy) is 1. The zero-order valence-electron chi connectivity index (χ0n) is 10.3. The van der Waals surface area contributed by atoms with E-state index in [1.807, 2.05) is 18.2 Å². The monoisotopic (exact) mass is 218 g/mol. The third-order valence-electron chi connectivity index (χ3n) is 2.63. The van der Waals surface area contributed by atoms with E-state index in [0.29, 0.717) is 11.5 Å². The summed E-state index contributed by atoms with van der Waals surface area (Å²) in [5.74, 6) is 1.21. The molecular formula is C14H18O2. The molecule has 0 aromatic heterocycles. The van der Waals surface area contributed by atoms with Gasteiger partial charge in [0.05, 0.1) is 7.11 Å². The van der Waals surface area contributed by atoms with Crippen molar-refractivity contribution in [3.8, 4) is 5.75 Å². The maximum atomic E-state index is 11.2. The molecule has 0 spiro atoms. The minimum atomic E-state index is -0.000118. The highest BCUT2D eigenvalue weighted by Crippen LogP contribution is 2.29. The predicted molar refractivity (Wildman–Crippen MR) is 66.8 cm³/mol. The molecule has 1 aromatic carbocycles. The van der Waals surface area contributed by atoms with Crippen LogP contribution in [0.4, 0.5) is 0 Å². The fourth-order valence-corrected chi connectivity index (χ4v) is 1.58.